The summed E-state index contributed by atoms with van der Waals surface area (Å²) < 4.78 is 0. The van der Waals surface area contributed by atoms with Crippen LogP contribution in [0.1, 0.15) is 16.7 Å². The highest BCUT2D eigenvalue weighted by molar-refractivity contribution is 5.77. The van der Waals surface area contributed by atoms with Gasteiger partial charge < -0.3 is 0 Å². The van der Waals surface area contributed by atoms with Gasteiger partial charge in [0.1, 0.15) is 6.07 Å². The van der Waals surface area contributed by atoms with Gasteiger partial charge in [0.2, 0.25) is 0 Å². The molecule has 2 aliphatic carbocycles. The predicted molar refractivity (Wildman–Crippen MR) is 57.4 cm³/mol. The summed E-state index contributed by atoms with van der Waals surface area (Å²) in [4.78, 5) is 0. The molecule has 1 heteroatoms. The minimum absolute atomic E-state index is 0.799. The van der Waals surface area contributed by atoms with Crippen LogP contribution in [0.2, 0.25) is 0 Å². The van der Waals surface area contributed by atoms with Gasteiger partial charge >= 0.3 is 0 Å². The molecule has 0 bridgehead atoms. The fourth-order valence-corrected chi connectivity index (χ4v) is 2.01. The first kappa shape index (κ1) is 7.34. The molecule has 0 aromatic heterocycles. The average Bonchev–Trinajstić information content (AvgIpc) is 2.80. The summed E-state index contributed by atoms with van der Waals surface area (Å²) in [6.07, 6.45) is 12.1. The van der Waals surface area contributed by atoms with Gasteiger partial charge in [-0.2, -0.15) is 5.26 Å². The summed E-state index contributed by atoms with van der Waals surface area (Å²) >= 11 is 0. The first-order chi connectivity index (χ1) is 6.90. The fourth-order valence-electron chi connectivity index (χ4n) is 2.01. The van der Waals surface area contributed by atoms with E-state index in [9.17, 15) is 0 Å². The first-order valence-electron chi connectivity index (χ1n) is 4.54. The monoisotopic (exact) mass is 177 g/mol. The van der Waals surface area contributed by atoms with Gasteiger partial charge in [0.05, 0.1) is 5.56 Å². The van der Waals surface area contributed by atoms with Crippen LogP contribution in [-0.4, -0.2) is 0 Å². The van der Waals surface area contributed by atoms with Crippen LogP contribution in [0.5, 0.6) is 0 Å². The second-order valence-electron chi connectivity index (χ2n) is 3.42. The van der Waals surface area contributed by atoms with Gasteiger partial charge in [0.25, 0.3) is 0 Å². The summed E-state index contributed by atoms with van der Waals surface area (Å²) in [5.41, 5.74) is 3.01. The average molecular weight is 177 g/mol. The summed E-state index contributed by atoms with van der Waals surface area (Å²) in [5.74, 6) is 0. The van der Waals surface area contributed by atoms with Crippen molar-refractivity contribution in [2.45, 2.75) is 0 Å². The van der Waals surface area contributed by atoms with Crippen LogP contribution in [-0.2, 0) is 0 Å². The quantitative estimate of drug-likeness (QED) is 0.583. The molecule has 1 aromatic carbocycles. The molecule has 1 nitrogen and oxygen atoms in total. The second-order valence-corrected chi connectivity index (χ2v) is 3.42. The van der Waals surface area contributed by atoms with Gasteiger partial charge in [-0.15, -0.1) is 0 Å². The Labute approximate surface area is 81.6 Å². The maximum atomic E-state index is 9.12. The highest BCUT2D eigenvalue weighted by atomic mass is 14.3. The molecular weight excluding hydrogens is 170 g/mol. The highest BCUT2D eigenvalue weighted by Gasteiger charge is 2.10. The molecule has 64 valence electrons. The van der Waals surface area contributed by atoms with Gasteiger partial charge in [0.15, 0.2) is 0 Å². The molecule has 0 saturated heterocycles. The molecule has 0 aliphatic heterocycles. The molecule has 1 aromatic rings. The van der Waals surface area contributed by atoms with Crippen molar-refractivity contribution < 1.29 is 0 Å². The zero-order valence-electron chi connectivity index (χ0n) is 7.49. The Morgan fingerprint density at radius 3 is 2.79 bits per heavy atom. The van der Waals surface area contributed by atoms with Crippen LogP contribution in [0.4, 0.5) is 0 Å². The smallest absolute Gasteiger partial charge is 0.100 e. The Morgan fingerprint density at radius 2 is 1.93 bits per heavy atom. The molecule has 0 N–H and O–H groups in total. The molecule has 0 fully saturated rings. The lowest BCUT2D eigenvalue weighted by Gasteiger charge is -2.00. The van der Waals surface area contributed by atoms with E-state index in [1.165, 1.54) is 0 Å². The summed E-state index contributed by atoms with van der Waals surface area (Å²) in [6, 6.07) is 4.42. The van der Waals surface area contributed by atoms with E-state index in [4.69, 9.17) is 5.26 Å². The minimum atomic E-state index is 0.799. The fraction of sp³-hybridized carbons (Fsp3) is 0. The SMILES string of the molecule is N#Cc1c2c(cc3c1=CC=C3)=CC=C2. The van der Waals surface area contributed by atoms with E-state index in [1.54, 1.807) is 0 Å². The summed E-state index contributed by atoms with van der Waals surface area (Å²) in [6.45, 7) is 0. The number of nitrogens with zero attached hydrogens (tertiary/aromatic N) is 1. The zero-order chi connectivity index (χ0) is 9.54. The highest BCUT2D eigenvalue weighted by Crippen LogP contribution is 2.11. The van der Waals surface area contributed by atoms with E-state index < -0.39 is 0 Å². The normalized spacial score (nSPS) is 14.2. The van der Waals surface area contributed by atoms with E-state index >= 15 is 0 Å². The van der Waals surface area contributed by atoms with Gasteiger partial charge in [0, 0.05) is 10.8 Å². The van der Waals surface area contributed by atoms with Crippen molar-refractivity contribution in [1.82, 2.24) is 0 Å². The number of rotatable bonds is 0. The third-order valence-electron chi connectivity index (χ3n) is 2.66. The van der Waals surface area contributed by atoms with Crippen molar-refractivity contribution in [2.24, 2.45) is 0 Å². The van der Waals surface area contributed by atoms with Crippen LogP contribution in [0.15, 0.2) is 18.2 Å². The van der Waals surface area contributed by atoms with Gasteiger partial charge in [-0.3, -0.25) is 0 Å². The van der Waals surface area contributed by atoms with E-state index in [0.717, 1.165) is 27.1 Å². The lowest BCUT2D eigenvalue weighted by atomic mass is 10.0. The van der Waals surface area contributed by atoms with E-state index in [2.05, 4.69) is 12.1 Å². The molecule has 3 rings (SSSR count). The lowest BCUT2D eigenvalue weighted by Crippen LogP contribution is -2.18. The molecular formula is C13H7N. The van der Waals surface area contributed by atoms with Gasteiger partial charge in [-0.25, -0.2) is 0 Å². The predicted octanol–water partition coefficient (Wildman–Crippen LogP) is 1.17. The Bertz CT molecular complexity index is 637. The van der Waals surface area contributed by atoms with Crippen molar-refractivity contribution in [3.8, 4) is 6.07 Å². The van der Waals surface area contributed by atoms with Crippen LogP contribution in [0.3, 0.4) is 0 Å². The zero-order valence-corrected chi connectivity index (χ0v) is 7.49. The number of allylic oxidation sites excluding steroid dienone is 2. The molecule has 0 unspecified atom stereocenters. The Balaban J connectivity index is 2.58. The topological polar surface area (TPSA) is 23.8 Å². The molecule has 0 amide bonds. The third kappa shape index (κ3) is 0.777. The Kier molecular flexibility index (Phi) is 1.29. The largest absolute Gasteiger partial charge is 0.192 e. The standard InChI is InChI=1S/C13H7N/c14-8-13-11-5-1-3-9(11)7-10-4-2-6-12(10)13/h1-7H. The van der Waals surface area contributed by atoms with E-state index in [0.29, 0.717) is 0 Å². The Hall–Kier alpha value is -2.07. The number of hydrogen-bond donors (Lipinski definition) is 0. The van der Waals surface area contributed by atoms with E-state index in [-0.39, 0.29) is 0 Å². The van der Waals surface area contributed by atoms with E-state index in [1.807, 2.05) is 36.5 Å². The molecule has 0 heterocycles. The second kappa shape index (κ2) is 2.46. The van der Waals surface area contributed by atoms with Crippen LogP contribution in [0, 0.1) is 11.3 Å². The third-order valence-corrected chi connectivity index (χ3v) is 2.66. The number of nitriles is 1. The minimum Gasteiger partial charge on any atom is -0.192 e. The van der Waals surface area contributed by atoms with Crippen molar-refractivity contribution in [3.05, 3.63) is 45.3 Å². The number of benzene rings is 1. The molecule has 0 radical (unpaired) electrons. The molecule has 2 aliphatic rings. The van der Waals surface area contributed by atoms with Crippen molar-refractivity contribution in [3.63, 3.8) is 0 Å². The van der Waals surface area contributed by atoms with Crippen LogP contribution < -0.4 is 10.4 Å². The van der Waals surface area contributed by atoms with Crippen molar-refractivity contribution in [1.29, 1.82) is 5.26 Å². The van der Waals surface area contributed by atoms with Crippen molar-refractivity contribution in [2.75, 3.05) is 0 Å². The van der Waals surface area contributed by atoms with Crippen LogP contribution in [0.25, 0.3) is 24.3 Å². The first-order valence-corrected chi connectivity index (χ1v) is 4.54. The summed E-state index contributed by atoms with van der Waals surface area (Å²) in [7, 11) is 0. The molecule has 14 heavy (non-hydrogen) atoms. The van der Waals surface area contributed by atoms with Gasteiger partial charge in [-0.1, -0.05) is 36.5 Å². The van der Waals surface area contributed by atoms with Gasteiger partial charge in [-0.05, 0) is 16.8 Å². The lowest BCUT2D eigenvalue weighted by molar-refractivity contribution is 1.41. The molecule has 0 spiro atoms. The van der Waals surface area contributed by atoms with Crippen molar-refractivity contribution >= 4 is 24.3 Å². The number of hydrogen-bond acceptors (Lipinski definition) is 1. The molecule has 0 atom stereocenters. The van der Waals surface area contributed by atoms with Crippen LogP contribution >= 0.6 is 0 Å². The molecule has 0 saturated carbocycles. The maximum Gasteiger partial charge on any atom is 0.100 e. The number of fused-ring (bicyclic) bond motifs is 2. The Morgan fingerprint density at radius 1 is 1.07 bits per heavy atom. The maximum absolute atomic E-state index is 9.12. The summed E-state index contributed by atoms with van der Waals surface area (Å²) in [5, 5.41) is 11.3.